The molecule has 0 unspecified atom stereocenters. The molecule has 3 fully saturated rings. The van der Waals surface area contributed by atoms with E-state index in [2.05, 4.69) is 0 Å². The Morgan fingerprint density at radius 3 is 2.06 bits per heavy atom. The van der Waals surface area contributed by atoms with E-state index < -0.39 is 17.8 Å². The Hall–Kier alpha value is -1.06. The van der Waals surface area contributed by atoms with Crippen LogP contribution in [-0.4, -0.2) is 24.2 Å². The van der Waals surface area contributed by atoms with Crippen molar-refractivity contribution < 1.29 is 19.4 Å². The molecule has 0 spiro atoms. The Kier molecular flexibility index (Phi) is 2.83. The summed E-state index contributed by atoms with van der Waals surface area (Å²) < 4.78 is 4.84. The van der Waals surface area contributed by atoms with Crippen LogP contribution in [0, 0.1) is 35.5 Å². The molecule has 3 aliphatic carbocycles. The van der Waals surface area contributed by atoms with E-state index in [1.807, 2.05) is 0 Å². The fourth-order valence-electron chi connectivity index (χ4n) is 5.07. The first kappa shape index (κ1) is 12.0. The maximum atomic E-state index is 11.9. The zero-order chi connectivity index (χ0) is 12.9. The molecule has 0 aliphatic heterocycles. The summed E-state index contributed by atoms with van der Waals surface area (Å²) in [6.45, 7) is 0. The molecule has 0 saturated heterocycles. The molecule has 18 heavy (non-hydrogen) atoms. The predicted molar refractivity (Wildman–Crippen MR) is 63.7 cm³/mol. The lowest BCUT2D eigenvalue weighted by Gasteiger charge is -2.40. The van der Waals surface area contributed by atoms with Crippen LogP contribution in [-0.2, 0) is 14.3 Å². The Labute approximate surface area is 107 Å². The lowest BCUT2D eigenvalue weighted by atomic mass is 9.63. The Morgan fingerprint density at radius 2 is 1.56 bits per heavy atom. The molecule has 3 saturated carbocycles. The lowest BCUT2D eigenvalue weighted by molar-refractivity contribution is -0.161. The number of ether oxygens (including phenoxy) is 1. The summed E-state index contributed by atoms with van der Waals surface area (Å²) in [5, 5.41) is 9.43. The summed E-state index contributed by atoms with van der Waals surface area (Å²) >= 11 is 0. The largest absolute Gasteiger partial charge is 0.481 e. The number of carboxylic acids is 1. The number of hydrogen-bond acceptors (Lipinski definition) is 3. The van der Waals surface area contributed by atoms with Crippen LogP contribution < -0.4 is 0 Å². The number of methoxy groups -OCH3 is 1. The van der Waals surface area contributed by atoms with Crippen LogP contribution in [0.1, 0.15) is 32.1 Å². The number of fused-ring (bicyclic) bond motifs is 5. The van der Waals surface area contributed by atoms with Crippen molar-refractivity contribution in [2.24, 2.45) is 35.5 Å². The van der Waals surface area contributed by atoms with E-state index in [1.165, 1.54) is 26.4 Å². The van der Waals surface area contributed by atoms with E-state index in [4.69, 9.17) is 4.74 Å². The van der Waals surface area contributed by atoms with Crippen molar-refractivity contribution in [2.45, 2.75) is 32.1 Å². The average Bonchev–Trinajstić information content (AvgIpc) is 2.94. The van der Waals surface area contributed by atoms with Gasteiger partial charge in [0.15, 0.2) is 0 Å². The Balaban J connectivity index is 1.91. The molecule has 0 amide bonds. The molecule has 6 atom stereocenters. The van der Waals surface area contributed by atoms with Crippen molar-refractivity contribution >= 4 is 11.9 Å². The van der Waals surface area contributed by atoms with Gasteiger partial charge in [-0.05, 0) is 42.9 Å². The molecule has 0 radical (unpaired) electrons. The summed E-state index contributed by atoms with van der Waals surface area (Å²) in [5.41, 5.74) is 0. The SMILES string of the molecule is COC(=O)[C@@H]1[C@H]2C[C@H]([C@@H]3CCCC[C@@H]32)[C@@H]1C(=O)O. The lowest BCUT2D eigenvalue weighted by Crippen LogP contribution is -2.43. The standard InChI is InChI=1S/C14H20O4/c1-18-14(17)12-10-6-9(11(12)13(15)16)7-4-2-3-5-8(7)10/h7-12H,2-6H2,1H3,(H,15,16)/t7-,8+,9-,10+,11+,12-/m1/s1. The molecule has 1 N–H and O–H groups in total. The highest BCUT2D eigenvalue weighted by atomic mass is 16.5. The van der Waals surface area contributed by atoms with E-state index in [0.29, 0.717) is 11.8 Å². The number of rotatable bonds is 2. The first-order valence-electron chi connectivity index (χ1n) is 6.95. The molecule has 2 bridgehead atoms. The van der Waals surface area contributed by atoms with Gasteiger partial charge in [0.25, 0.3) is 0 Å². The van der Waals surface area contributed by atoms with E-state index in [0.717, 1.165) is 12.8 Å². The molecule has 3 aliphatic rings. The molecule has 4 nitrogen and oxygen atoms in total. The summed E-state index contributed by atoms with van der Waals surface area (Å²) in [4.78, 5) is 23.4. The second kappa shape index (κ2) is 4.25. The van der Waals surface area contributed by atoms with Crippen molar-refractivity contribution in [3.8, 4) is 0 Å². The van der Waals surface area contributed by atoms with Gasteiger partial charge >= 0.3 is 11.9 Å². The van der Waals surface area contributed by atoms with E-state index >= 15 is 0 Å². The third-order valence-electron chi connectivity index (χ3n) is 5.59. The van der Waals surface area contributed by atoms with Crippen molar-refractivity contribution in [2.75, 3.05) is 7.11 Å². The molecule has 0 aromatic heterocycles. The number of aliphatic carboxylic acids is 1. The number of carbonyl (C=O) groups excluding carboxylic acids is 1. The van der Waals surface area contributed by atoms with Crippen molar-refractivity contribution in [3.63, 3.8) is 0 Å². The Bertz CT molecular complexity index is 378. The molecule has 0 heterocycles. The second-order valence-corrected chi connectivity index (χ2v) is 6.09. The highest BCUT2D eigenvalue weighted by Crippen LogP contribution is 2.62. The molecule has 100 valence electrons. The normalized spacial score (nSPS) is 45.6. The van der Waals surface area contributed by atoms with Crippen molar-refractivity contribution in [3.05, 3.63) is 0 Å². The first-order valence-corrected chi connectivity index (χ1v) is 6.95. The van der Waals surface area contributed by atoms with Gasteiger partial charge < -0.3 is 9.84 Å². The third-order valence-corrected chi connectivity index (χ3v) is 5.59. The minimum atomic E-state index is -0.804. The summed E-state index contributed by atoms with van der Waals surface area (Å²) in [7, 11) is 1.37. The third kappa shape index (κ3) is 1.50. The van der Waals surface area contributed by atoms with Crippen LogP contribution >= 0.6 is 0 Å². The fraction of sp³-hybridized carbons (Fsp3) is 0.857. The molecule has 3 rings (SSSR count). The highest BCUT2D eigenvalue weighted by molar-refractivity contribution is 5.82. The van der Waals surface area contributed by atoms with Gasteiger partial charge in [0.05, 0.1) is 18.9 Å². The molecule has 0 aromatic carbocycles. The molecule has 0 aromatic rings. The molecule has 4 heteroatoms. The number of esters is 1. The maximum absolute atomic E-state index is 11.9. The van der Waals surface area contributed by atoms with Gasteiger partial charge in [0, 0.05) is 0 Å². The van der Waals surface area contributed by atoms with Crippen LogP contribution in [0.2, 0.25) is 0 Å². The fourth-order valence-corrected chi connectivity index (χ4v) is 5.07. The van der Waals surface area contributed by atoms with Crippen LogP contribution in [0.25, 0.3) is 0 Å². The maximum Gasteiger partial charge on any atom is 0.309 e. The van der Waals surface area contributed by atoms with Crippen molar-refractivity contribution in [1.82, 2.24) is 0 Å². The van der Waals surface area contributed by atoms with Gasteiger partial charge in [-0.2, -0.15) is 0 Å². The smallest absolute Gasteiger partial charge is 0.309 e. The number of carbonyl (C=O) groups is 2. The van der Waals surface area contributed by atoms with Crippen LogP contribution in [0.15, 0.2) is 0 Å². The second-order valence-electron chi connectivity index (χ2n) is 6.09. The molecular formula is C14H20O4. The van der Waals surface area contributed by atoms with E-state index in [-0.39, 0.29) is 17.8 Å². The van der Waals surface area contributed by atoms with Gasteiger partial charge in [-0.1, -0.05) is 12.8 Å². The highest BCUT2D eigenvalue weighted by Gasteiger charge is 2.62. The van der Waals surface area contributed by atoms with Crippen molar-refractivity contribution in [1.29, 1.82) is 0 Å². The summed E-state index contributed by atoms with van der Waals surface area (Å²) in [6, 6.07) is 0. The van der Waals surface area contributed by atoms with Gasteiger partial charge in [-0.15, -0.1) is 0 Å². The van der Waals surface area contributed by atoms with Gasteiger partial charge in [0.1, 0.15) is 0 Å². The summed E-state index contributed by atoms with van der Waals surface area (Å²) in [6.07, 6.45) is 5.71. The van der Waals surface area contributed by atoms with Gasteiger partial charge in [-0.3, -0.25) is 9.59 Å². The van der Waals surface area contributed by atoms with Gasteiger partial charge in [-0.25, -0.2) is 0 Å². The quantitative estimate of drug-likeness (QED) is 0.763. The van der Waals surface area contributed by atoms with E-state index in [1.54, 1.807) is 0 Å². The average molecular weight is 252 g/mol. The van der Waals surface area contributed by atoms with Crippen LogP contribution in [0.4, 0.5) is 0 Å². The number of carboxylic acid groups (broad SMARTS) is 1. The van der Waals surface area contributed by atoms with E-state index in [9.17, 15) is 14.7 Å². The Morgan fingerprint density at radius 1 is 1.00 bits per heavy atom. The predicted octanol–water partition coefficient (Wildman–Crippen LogP) is 1.93. The topological polar surface area (TPSA) is 63.6 Å². The minimum Gasteiger partial charge on any atom is -0.481 e. The summed E-state index contributed by atoms with van der Waals surface area (Å²) in [5.74, 6) is -0.413. The van der Waals surface area contributed by atoms with Crippen LogP contribution in [0.5, 0.6) is 0 Å². The van der Waals surface area contributed by atoms with Gasteiger partial charge in [0.2, 0.25) is 0 Å². The number of hydrogen-bond donors (Lipinski definition) is 1. The zero-order valence-electron chi connectivity index (χ0n) is 10.7. The minimum absolute atomic E-state index is 0.210. The zero-order valence-corrected chi connectivity index (χ0v) is 10.7. The molecular weight excluding hydrogens is 232 g/mol. The van der Waals surface area contributed by atoms with Crippen LogP contribution in [0.3, 0.4) is 0 Å². The monoisotopic (exact) mass is 252 g/mol. The first-order chi connectivity index (χ1) is 8.65.